The molecule has 0 aliphatic carbocycles. The summed E-state index contributed by atoms with van der Waals surface area (Å²) in [6, 6.07) is 13.6. The van der Waals surface area contributed by atoms with Crippen LogP contribution in [0.2, 0.25) is 0 Å². The van der Waals surface area contributed by atoms with Crippen LogP contribution in [-0.4, -0.2) is 44.2 Å². The number of halogens is 2. The molecule has 9 heteroatoms. The Hall–Kier alpha value is -3.82. The fourth-order valence-corrected chi connectivity index (χ4v) is 4.59. The summed E-state index contributed by atoms with van der Waals surface area (Å²) >= 11 is 0. The number of H-pyrrole nitrogens is 1. The summed E-state index contributed by atoms with van der Waals surface area (Å²) in [5.74, 6) is 5.34. The molecule has 3 heterocycles. The molecule has 5 rings (SSSR count). The maximum absolute atomic E-state index is 14.1. The number of benzene rings is 2. The summed E-state index contributed by atoms with van der Waals surface area (Å²) in [6.45, 7) is 1.55. The van der Waals surface area contributed by atoms with E-state index in [1.807, 2.05) is 35.2 Å². The third-order valence-corrected chi connectivity index (χ3v) is 6.48. The number of nitrogens with zero attached hydrogens (tertiary/aromatic N) is 4. The molecule has 0 bridgehead atoms. The minimum atomic E-state index is -0.526. The molecule has 0 amide bonds. The van der Waals surface area contributed by atoms with Crippen LogP contribution in [0.1, 0.15) is 24.0 Å². The Balaban J connectivity index is 1.33. The normalized spacial score (nSPS) is 17.1. The van der Waals surface area contributed by atoms with E-state index < -0.39 is 11.6 Å². The van der Waals surface area contributed by atoms with Crippen LogP contribution in [0.25, 0.3) is 27.9 Å². The quantitative estimate of drug-likeness (QED) is 0.288. The maximum atomic E-state index is 14.1. The third kappa shape index (κ3) is 4.87. The van der Waals surface area contributed by atoms with E-state index in [4.69, 9.17) is 11.6 Å². The van der Waals surface area contributed by atoms with Crippen molar-refractivity contribution in [3.05, 3.63) is 89.9 Å². The van der Waals surface area contributed by atoms with Crippen LogP contribution in [0.15, 0.2) is 67.1 Å². The Labute approximate surface area is 202 Å². The lowest BCUT2D eigenvalue weighted by Gasteiger charge is -2.37. The van der Waals surface area contributed by atoms with E-state index in [-0.39, 0.29) is 18.2 Å². The monoisotopic (exact) mass is 475 g/mol. The predicted molar refractivity (Wildman–Crippen MR) is 132 cm³/mol. The molecule has 1 aliphatic heterocycles. The van der Waals surface area contributed by atoms with Gasteiger partial charge in [0.1, 0.15) is 17.3 Å². The first-order valence-corrected chi connectivity index (χ1v) is 11.5. The Kier molecular flexibility index (Phi) is 6.43. The van der Waals surface area contributed by atoms with Gasteiger partial charge in [0.25, 0.3) is 0 Å². The van der Waals surface area contributed by atoms with E-state index in [0.29, 0.717) is 12.2 Å². The number of pyridine rings is 1. The standard InChI is InChI=1S/C26H27F2N7/c27-22-4-1-5-23(28)21(22)15-34-12-2-3-19(14-34)35(30)16-24(29)18-6-7-25-20(13-18)26(33-32-25)17-8-10-31-11-9-17/h1,4-11,13,16,19H,2-3,12,14-15,29-30H2,(H,32,33)/b24-16-/t19-/m1/s1. The Morgan fingerprint density at radius 1 is 1.14 bits per heavy atom. The molecule has 180 valence electrons. The smallest absolute Gasteiger partial charge is 0.130 e. The molecule has 2 aromatic heterocycles. The average Bonchev–Trinajstić information content (AvgIpc) is 3.30. The van der Waals surface area contributed by atoms with Crippen LogP contribution in [-0.2, 0) is 6.54 Å². The lowest BCUT2D eigenvalue weighted by atomic mass is 10.0. The number of hydrazine groups is 1. The van der Waals surface area contributed by atoms with Crippen LogP contribution >= 0.6 is 0 Å². The van der Waals surface area contributed by atoms with Gasteiger partial charge in [-0.15, -0.1) is 0 Å². The number of likely N-dealkylation sites (tertiary alicyclic amines) is 1. The van der Waals surface area contributed by atoms with Crippen molar-refractivity contribution in [1.29, 1.82) is 0 Å². The highest BCUT2D eigenvalue weighted by molar-refractivity contribution is 5.94. The fraction of sp³-hybridized carbons (Fsp3) is 0.231. The van der Waals surface area contributed by atoms with Crippen molar-refractivity contribution in [2.24, 2.45) is 11.6 Å². The summed E-state index contributed by atoms with van der Waals surface area (Å²) < 4.78 is 28.2. The first-order chi connectivity index (χ1) is 17.0. The molecule has 0 radical (unpaired) electrons. The molecular weight excluding hydrogens is 448 g/mol. The molecule has 0 spiro atoms. The van der Waals surface area contributed by atoms with Crippen LogP contribution in [0.5, 0.6) is 0 Å². The van der Waals surface area contributed by atoms with Crippen molar-refractivity contribution in [3.63, 3.8) is 0 Å². The summed E-state index contributed by atoms with van der Waals surface area (Å²) in [7, 11) is 0. The molecule has 1 aliphatic rings. The zero-order valence-electron chi connectivity index (χ0n) is 19.2. The van der Waals surface area contributed by atoms with Gasteiger partial charge in [-0.1, -0.05) is 12.1 Å². The van der Waals surface area contributed by atoms with Crippen LogP contribution in [0.3, 0.4) is 0 Å². The molecule has 0 saturated carbocycles. The molecule has 1 atom stereocenters. The van der Waals surface area contributed by atoms with E-state index in [9.17, 15) is 8.78 Å². The van der Waals surface area contributed by atoms with Gasteiger partial charge in [0.15, 0.2) is 0 Å². The highest BCUT2D eigenvalue weighted by atomic mass is 19.1. The summed E-state index contributed by atoms with van der Waals surface area (Å²) in [6.07, 6.45) is 6.93. The molecule has 35 heavy (non-hydrogen) atoms. The van der Waals surface area contributed by atoms with Gasteiger partial charge in [-0.05, 0) is 61.3 Å². The van der Waals surface area contributed by atoms with Gasteiger partial charge in [0.2, 0.25) is 0 Å². The minimum absolute atomic E-state index is 0.0258. The zero-order valence-corrected chi connectivity index (χ0v) is 19.2. The minimum Gasteiger partial charge on any atom is -0.397 e. The Morgan fingerprint density at radius 3 is 2.69 bits per heavy atom. The highest BCUT2D eigenvalue weighted by Crippen LogP contribution is 2.28. The number of rotatable bonds is 6. The van der Waals surface area contributed by atoms with E-state index in [1.165, 1.54) is 18.2 Å². The van der Waals surface area contributed by atoms with E-state index in [2.05, 4.69) is 15.2 Å². The molecule has 5 N–H and O–H groups in total. The lowest BCUT2D eigenvalue weighted by Crippen LogP contribution is -2.48. The van der Waals surface area contributed by atoms with Gasteiger partial charge in [-0.3, -0.25) is 15.0 Å². The summed E-state index contributed by atoms with van der Waals surface area (Å²) in [5.41, 5.74) is 10.6. The molecule has 1 fully saturated rings. The second-order valence-electron chi connectivity index (χ2n) is 8.83. The van der Waals surface area contributed by atoms with Gasteiger partial charge in [-0.25, -0.2) is 14.6 Å². The van der Waals surface area contributed by atoms with Crippen molar-refractivity contribution in [1.82, 2.24) is 25.1 Å². The van der Waals surface area contributed by atoms with E-state index >= 15 is 0 Å². The molecule has 2 aromatic carbocycles. The summed E-state index contributed by atoms with van der Waals surface area (Å²) in [4.78, 5) is 6.09. The molecule has 4 aromatic rings. The second kappa shape index (κ2) is 9.81. The Morgan fingerprint density at radius 2 is 1.91 bits per heavy atom. The van der Waals surface area contributed by atoms with Crippen LogP contribution in [0.4, 0.5) is 8.78 Å². The van der Waals surface area contributed by atoms with Crippen LogP contribution < -0.4 is 11.6 Å². The SMILES string of the molecule is N/C(=C\N(N)[C@@H]1CCCN(Cc2c(F)cccc2F)C1)c1ccc2[nH]nc(-c3ccncc3)c2c1. The maximum Gasteiger partial charge on any atom is 0.130 e. The van der Waals surface area contributed by atoms with Gasteiger partial charge >= 0.3 is 0 Å². The first-order valence-electron chi connectivity index (χ1n) is 11.5. The number of fused-ring (bicyclic) bond motifs is 1. The predicted octanol–water partition coefficient (Wildman–Crippen LogP) is 4.00. The Bertz CT molecular complexity index is 1330. The van der Waals surface area contributed by atoms with Crippen molar-refractivity contribution in [3.8, 4) is 11.3 Å². The van der Waals surface area contributed by atoms with Gasteiger partial charge < -0.3 is 10.7 Å². The second-order valence-corrected chi connectivity index (χ2v) is 8.83. The number of nitrogens with two attached hydrogens (primary N) is 2. The van der Waals surface area contributed by atoms with Gasteiger partial charge in [0.05, 0.1) is 17.3 Å². The molecule has 0 unspecified atom stereocenters. The number of piperidine rings is 1. The van der Waals surface area contributed by atoms with Gasteiger partial charge in [-0.2, -0.15) is 5.10 Å². The van der Waals surface area contributed by atoms with E-state index in [1.54, 1.807) is 23.6 Å². The van der Waals surface area contributed by atoms with Crippen molar-refractivity contribution < 1.29 is 8.78 Å². The molecule has 7 nitrogen and oxygen atoms in total. The van der Waals surface area contributed by atoms with E-state index in [0.717, 1.165) is 47.1 Å². The van der Waals surface area contributed by atoms with Crippen molar-refractivity contribution >= 4 is 16.6 Å². The number of aromatic amines is 1. The first kappa shape index (κ1) is 22.9. The number of hydrogen-bond acceptors (Lipinski definition) is 6. The highest BCUT2D eigenvalue weighted by Gasteiger charge is 2.24. The number of hydrogen-bond donors (Lipinski definition) is 3. The van der Waals surface area contributed by atoms with Crippen LogP contribution in [0, 0.1) is 11.6 Å². The third-order valence-electron chi connectivity index (χ3n) is 6.48. The number of nitrogens with one attached hydrogen (secondary N) is 1. The zero-order chi connectivity index (χ0) is 24.4. The van der Waals surface area contributed by atoms with Crippen molar-refractivity contribution in [2.75, 3.05) is 13.1 Å². The average molecular weight is 476 g/mol. The largest absolute Gasteiger partial charge is 0.397 e. The summed E-state index contributed by atoms with van der Waals surface area (Å²) in [5, 5.41) is 10.1. The number of aromatic nitrogens is 3. The fourth-order valence-electron chi connectivity index (χ4n) is 4.59. The lowest BCUT2D eigenvalue weighted by molar-refractivity contribution is 0.123. The van der Waals surface area contributed by atoms with Gasteiger partial charge in [0, 0.05) is 48.2 Å². The topological polar surface area (TPSA) is 100 Å². The molecule has 1 saturated heterocycles. The molecular formula is C26H27F2N7. The van der Waals surface area contributed by atoms with Crippen molar-refractivity contribution in [2.45, 2.75) is 25.4 Å².